The van der Waals surface area contributed by atoms with Crippen LogP contribution >= 0.6 is 0 Å². The van der Waals surface area contributed by atoms with E-state index in [0.717, 1.165) is 26.2 Å². The number of likely N-dealkylation sites (N-methyl/N-ethyl adjacent to an activating group) is 1. The fourth-order valence-electron chi connectivity index (χ4n) is 3.53. The van der Waals surface area contributed by atoms with Gasteiger partial charge >= 0.3 is 0 Å². The van der Waals surface area contributed by atoms with Crippen LogP contribution in [0.4, 0.5) is 0 Å². The third-order valence-corrected chi connectivity index (χ3v) is 4.79. The van der Waals surface area contributed by atoms with Crippen LogP contribution in [0.5, 0.6) is 0 Å². The van der Waals surface area contributed by atoms with Crippen molar-refractivity contribution in [3.05, 3.63) is 0 Å². The molecule has 0 amide bonds. The number of nitrogens with zero attached hydrogens (tertiary/aromatic N) is 1. The Morgan fingerprint density at radius 1 is 1.24 bits per heavy atom. The standard InChI is InChI=1S/C14H30N2O/c1-5-16(10-11-17-4)14(12-15)9-7-6-8-13(14,2)3/h5-12,15H2,1-4H3. The molecule has 1 fully saturated rings. The van der Waals surface area contributed by atoms with Gasteiger partial charge in [-0.3, -0.25) is 4.90 Å². The summed E-state index contributed by atoms with van der Waals surface area (Å²) in [6.45, 7) is 10.6. The highest BCUT2D eigenvalue weighted by atomic mass is 16.5. The van der Waals surface area contributed by atoms with Crippen molar-refractivity contribution in [2.24, 2.45) is 11.1 Å². The molecule has 3 nitrogen and oxygen atoms in total. The minimum Gasteiger partial charge on any atom is -0.383 e. The fraction of sp³-hybridized carbons (Fsp3) is 1.00. The van der Waals surface area contributed by atoms with Gasteiger partial charge in [0.2, 0.25) is 0 Å². The third-order valence-electron chi connectivity index (χ3n) is 4.79. The topological polar surface area (TPSA) is 38.5 Å². The lowest BCUT2D eigenvalue weighted by molar-refractivity contribution is -0.0500. The Bertz CT molecular complexity index is 230. The molecule has 0 saturated heterocycles. The lowest BCUT2D eigenvalue weighted by atomic mass is 9.62. The Kier molecular flexibility index (Phi) is 5.42. The first-order valence-corrected chi connectivity index (χ1v) is 6.98. The van der Waals surface area contributed by atoms with Crippen molar-refractivity contribution in [2.45, 2.75) is 52.0 Å². The molecule has 0 radical (unpaired) electrons. The van der Waals surface area contributed by atoms with Gasteiger partial charge in [0.05, 0.1) is 6.61 Å². The molecule has 0 heterocycles. The minimum atomic E-state index is 0.165. The average molecular weight is 242 g/mol. The van der Waals surface area contributed by atoms with Crippen LogP contribution < -0.4 is 5.73 Å². The lowest BCUT2D eigenvalue weighted by Gasteiger charge is -2.56. The predicted octanol–water partition coefficient (Wildman–Crippen LogP) is 2.25. The van der Waals surface area contributed by atoms with Crippen molar-refractivity contribution in [2.75, 3.05) is 33.4 Å². The van der Waals surface area contributed by atoms with Crippen LogP contribution in [0.2, 0.25) is 0 Å². The van der Waals surface area contributed by atoms with Crippen LogP contribution in [0.15, 0.2) is 0 Å². The predicted molar refractivity (Wildman–Crippen MR) is 73.2 cm³/mol. The van der Waals surface area contributed by atoms with Crippen LogP contribution in [-0.2, 0) is 4.74 Å². The summed E-state index contributed by atoms with van der Waals surface area (Å²) < 4.78 is 5.24. The fourth-order valence-corrected chi connectivity index (χ4v) is 3.53. The van der Waals surface area contributed by atoms with E-state index in [1.54, 1.807) is 7.11 Å². The maximum atomic E-state index is 6.18. The quantitative estimate of drug-likeness (QED) is 0.776. The second-order valence-electron chi connectivity index (χ2n) is 5.90. The van der Waals surface area contributed by atoms with Crippen LogP contribution in [0, 0.1) is 5.41 Å². The molecule has 0 aromatic rings. The smallest absolute Gasteiger partial charge is 0.0589 e. The molecule has 0 aromatic heterocycles. The zero-order valence-corrected chi connectivity index (χ0v) is 12.1. The summed E-state index contributed by atoms with van der Waals surface area (Å²) in [6, 6.07) is 0. The average Bonchev–Trinajstić information content (AvgIpc) is 2.31. The molecule has 1 unspecified atom stereocenters. The Morgan fingerprint density at radius 3 is 2.35 bits per heavy atom. The molecule has 0 aliphatic heterocycles. The van der Waals surface area contributed by atoms with Gasteiger partial charge in [-0.1, -0.05) is 33.6 Å². The van der Waals surface area contributed by atoms with Gasteiger partial charge in [0.25, 0.3) is 0 Å². The van der Waals surface area contributed by atoms with Crippen LogP contribution in [0.25, 0.3) is 0 Å². The van der Waals surface area contributed by atoms with Gasteiger partial charge in [-0.15, -0.1) is 0 Å². The minimum absolute atomic E-state index is 0.165. The van der Waals surface area contributed by atoms with Crippen molar-refractivity contribution < 1.29 is 4.74 Å². The Morgan fingerprint density at radius 2 is 1.88 bits per heavy atom. The maximum absolute atomic E-state index is 6.18. The van der Waals surface area contributed by atoms with Gasteiger partial charge in [0.1, 0.15) is 0 Å². The number of hydrogen-bond acceptors (Lipinski definition) is 3. The molecule has 102 valence electrons. The van der Waals surface area contributed by atoms with Crippen molar-refractivity contribution in [3.8, 4) is 0 Å². The van der Waals surface area contributed by atoms with Crippen LogP contribution in [0.1, 0.15) is 46.5 Å². The van der Waals surface area contributed by atoms with Crippen LogP contribution in [-0.4, -0.2) is 43.8 Å². The Labute approximate surface area is 107 Å². The van der Waals surface area contributed by atoms with Crippen molar-refractivity contribution in [3.63, 3.8) is 0 Å². The third kappa shape index (κ3) is 2.83. The molecular weight excluding hydrogens is 212 g/mol. The Hall–Kier alpha value is -0.120. The molecule has 17 heavy (non-hydrogen) atoms. The molecule has 1 saturated carbocycles. The van der Waals surface area contributed by atoms with Crippen molar-refractivity contribution in [1.82, 2.24) is 4.90 Å². The summed E-state index contributed by atoms with van der Waals surface area (Å²) in [5.41, 5.74) is 6.65. The number of hydrogen-bond donors (Lipinski definition) is 1. The normalized spacial score (nSPS) is 28.6. The van der Waals surface area contributed by atoms with Gasteiger partial charge in [-0.2, -0.15) is 0 Å². The largest absolute Gasteiger partial charge is 0.383 e. The van der Waals surface area contributed by atoms with E-state index in [1.807, 2.05) is 0 Å². The maximum Gasteiger partial charge on any atom is 0.0589 e. The summed E-state index contributed by atoms with van der Waals surface area (Å²) in [5.74, 6) is 0. The van der Waals surface area contributed by atoms with E-state index in [0.29, 0.717) is 5.41 Å². The monoisotopic (exact) mass is 242 g/mol. The van der Waals surface area contributed by atoms with Gasteiger partial charge < -0.3 is 10.5 Å². The molecular formula is C14H30N2O. The van der Waals surface area contributed by atoms with E-state index in [-0.39, 0.29) is 5.54 Å². The first kappa shape index (κ1) is 14.9. The summed E-state index contributed by atoms with van der Waals surface area (Å²) >= 11 is 0. The molecule has 1 aliphatic rings. The molecule has 2 N–H and O–H groups in total. The van der Waals surface area contributed by atoms with E-state index in [2.05, 4.69) is 25.7 Å². The highest BCUT2D eigenvalue weighted by Crippen LogP contribution is 2.46. The van der Waals surface area contributed by atoms with E-state index >= 15 is 0 Å². The SMILES string of the molecule is CCN(CCOC)C1(CN)CCCCC1(C)C. The highest BCUT2D eigenvalue weighted by Gasteiger charge is 2.48. The first-order valence-electron chi connectivity index (χ1n) is 6.98. The zero-order chi connectivity index (χ0) is 12.9. The summed E-state index contributed by atoms with van der Waals surface area (Å²) in [4.78, 5) is 2.55. The molecule has 0 spiro atoms. The zero-order valence-electron chi connectivity index (χ0n) is 12.1. The summed E-state index contributed by atoms with van der Waals surface area (Å²) in [6.07, 6.45) is 5.17. The van der Waals surface area contributed by atoms with E-state index < -0.39 is 0 Å². The highest BCUT2D eigenvalue weighted by molar-refractivity contribution is 5.04. The first-order chi connectivity index (χ1) is 8.04. The van der Waals surface area contributed by atoms with Gasteiger partial charge in [0.15, 0.2) is 0 Å². The number of methoxy groups -OCH3 is 1. The number of rotatable bonds is 6. The van der Waals surface area contributed by atoms with Gasteiger partial charge in [0, 0.05) is 25.7 Å². The second kappa shape index (κ2) is 6.17. The molecule has 3 heteroatoms. The summed E-state index contributed by atoms with van der Waals surface area (Å²) in [5, 5.41) is 0. The number of nitrogens with two attached hydrogens (primary N) is 1. The molecule has 1 aliphatic carbocycles. The van der Waals surface area contributed by atoms with E-state index in [9.17, 15) is 0 Å². The molecule has 1 atom stereocenters. The van der Waals surface area contributed by atoms with Gasteiger partial charge in [-0.25, -0.2) is 0 Å². The van der Waals surface area contributed by atoms with Crippen molar-refractivity contribution in [1.29, 1.82) is 0 Å². The Balaban J connectivity index is 2.89. The molecule has 1 rings (SSSR count). The second-order valence-corrected chi connectivity index (χ2v) is 5.90. The van der Waals surface area contributed by atoms with E-state index in [4.69, 9.17) is 10.5 Å². The van der Waals surface area contributed by atoms with Crippen molar-refractivity contribution >= 4 is 0 Å². The lowest BCUT2D eigenvalue weighted by Crippen LogP contribution is -2.64. The molecule has 0 aromatic carbocycles. The van der Waals surface area contributed by atoms with Gasteiger partial charge in [-0.05, 0) is 24.8 Å². The van der Waals surface area contributed by atoms with E-state index in [1.165, 1.54) is 25.7 Å². The molecule has 0 bridgehead atoms. The van der Waals surface area contributed by atoms with Crippen LogP contribution in [0.3, 0.4) is 0 Å². The summed E-state index contributed by atoms with van der Waals surface area (Å²) in [7, 11) is 1.77. The number of ether oxygens (including phenoxy) is 1.